The van der Waals surface area contributed by atoms with Crippen LogP contribution in [0.1, 0.15) is 6.42 Å². The van der Waals surface area contributed by atoms with Crippen LogP contribution in [0.3, 0.4) is 0 Å². The molecule has 1 fully saturated rings. The number of nitrogens with one attached hydrogen (secondary N) is 1. The number of piperazine rings is 1. The molecule has 0 spiro atoms. The monoisotopic (exact) mass is 233 g/mol. The Morgan fingerprint density at radius 3 is 2.80 bits per heavy atom. The van der Waals surface area contributed by atoms with E-state index >= 15 is 0 Å². The number of carbonyl (C=O) groups is 1. The zero-order valence-corrected chi connectivity index (χ0v) is 9.70. The third-order valence-corrected chi connectivity index (χ3v) is 2.67. The van der Waals surface area contributed by atoms with Crippen molar-refractivity contribution in [3.63, 3.8) is 0 Å². The molecular formula is C8H16N3O3P. The predicted molar refractivity (Wildman–Crippen MR) is 55.4 cm³/mol. The average molecular weight is 233 g/mol. The number of hydrogen-bond acceptors (Lipinski definition) is 5. The summed E-state index contributed by atoms with van der Waals surface area (Å²) in [6.45, 7) is 4.61. The van der Waals surface area contributed by atoms with Crippen LogP contribution in [0.2, 0.25) is 0 Å². The Kier molecular flexibility index (Phi) is 5.71. The zero-order valence-electron chi connectivity index (χ0n) is 8.81. The number of amides is 1. The van der Waals surface area contributed by atoms with E-state index in [1.54, 1.807) is 0 Å². The maximum absolute atomic E-state index is 11.4. The van der Waals surface area contributed by atoms with Crippen LogP contribution in [0.25, 0.3) is 0 Å². The largest absolute Gasteiger partial charge is 0.351 e. The third kappa shape index (κ3) is 4.66. The summed E-state index contributed by atoms with van der Waals surface area (Å²) in [5.41, 5.74) is 0. The summed E-state index contributed by atoms with van der Waals surface area (Å²) >= 11 is 0. The summed E-state index contributed by atoms with van der Waals surface area (Å²) in [5.74, 6) is -0.156. The Morgan fingerprint density at radius 1 is 1.53 bits per heavy atom. The second kappa shape index (κ2) is 6.85. The Bertz CT molecular complexity index is 221. The number of nitrogens with zero attached hydrogens (tertiary/aromatic N) is 2. The van der Waals surface area contributed by atoms with Crippen LogP contribution in [0.4, 0.5) is 0 Å². The van der Waals surface area contributed by atoms with Crippen LogP contribution in [-0.4, -0.2) is 55.6 Å². The van der Waals surface area contributed by atoms with Gasteiger partial charge in [0.25, 0.3) is 0 Å². The highest BCUT2D eigenvalue weighted by Crippen LogP contribution is 2.02. The Balaban J connectivity index is 2.17. The first-order valence-electron chi connectivity index (χ1n) is 4.93. The maximum atomic E-state index is 11.4. The van der Waals surface area contributed by atoms with Crippen LogP contribution in [0, 0.1) is 0 Å². The fraction of sp³-hybridized carbons (Fsp3) is 0.875. The predicted octanol–water partition coefficient (Wildman–Crippen LogP) is -0.122. The summed E-state index contributed by atoms with van der Waals surface area (Å²) in [6.07, 6.45) is 0.395. The topological polar surface area (TPSA) is 61.9 Å². The van der Waals surface area contributed by atoms with Gasteiger partial charge in [-0.15, -0.1) is 0 Å². The van der Waals surface area contributed by atoms with E-state index in [1.807, 2.05) is 0 Å². The van der Waals surface area contributed by atoms with Crippen molar-refractivity contribution in [1.82, 2.24) is 15.3 Å². The standard InChI is InChI=1S/C8H16N3O3P/c1-10(14-15-13)8(12)2-5-11-6-3-9-4-7-11/h9H,2-7H2,1H3. The van der Waals surface area contributed by atoms with Gasteiger partial charge in [-0.25, -0.2) is 9.63 Å². The molecule has 86 valence electrons. The van der Waals surface area contributed by atoms with Crippen LogP contribution >= 0.6 is 8.69 Å². The van der Waals surface area contributed by atoms with Gasteiger partial charge in [-0.2, -0.15) is 4.62 Å². The highest BCUT2D eigenvalue weighted by molar-refractivity contribution is 7.17. The first kappa shape index (κ1) is 12.5. The first-order valence-corrected chi connectivity index (χ1v) is 5.66. The maximum Gasteiger partial charge on any atom is 0.351 e. The Labute approximate surface area is 90.8 Å². The average Bonchev–Trinajstić information content (AvgIpc) is 2.27. The molecule has 0 bridgehead atoms. The zero-order chi connectivity index (χ0) is 11.1. The van der Waals surface area contributed by atoms with Crippen molar-refractivity contribution in [3.05, 3.63) is 0 Å². The molecule has 15 heavy (non-hydrogen) atoms. The molecule has 0 aromatic carbocycles. The van der Waals surface area contributed by atoms with Gasteiger partial charge in [0.2, 0.25) is 5.91 Å². The van der Waals surface area contributed by atoms with E-state index in [4.69, 9.17) is 0 Å². The molecule has 0 aliphatic carbocycles. The molecular weight excluding hydrogens is 217 g/mol. The molecule has 1 saturated heterocycles. The minimum absolute atomic E-state index is 0.156. The van der Waals surface area contributed by atoms with E-state index in [0.29, 0.717) is 6.42 Å². The highest BCUT2D eigenvalue weighted by Gasteiger charge is 2.14. The molecule has 0 atom stereocenters. The molecule has 0 aromatic heterocycles. The fourth-order valence-electron chi connectivity index (χ4n) is 1.44. The van der Waals surface area contributed by atoms with E-state index in [9.17, 15) is 9.36 Å². The molecule has 1 N–H and O–H groups in total. The van der Waals surface area contributed by atoms with E-state index in [1.165, 1.54) is 7.05 Å². The van der Waals surface area contributed by atoms with Crippen molar-refractivity contribution >= 4 is 14.6 Å². The third-order valence-electron chi connectivity index (χ3n) is 2.36. The van der Waals surface area contributed by atoms with Gasteiger partial charge in [-0.1, -0.05) is 0 Å². The molecule has 0 aromatic rings. The molecule has 1 heterocycles. The van der Waals surface area contributed by atoms with Crippen molar-refractivity contribution in [2.45, 2.75) is 6.42 Å². The van der Waals surface area contributed by atoms with Crippen molar-refractivity contribution < 1.29 is 14.0 Å². The second-order valence-electron chi connectivity index (χ2n) is 3.39. The van der Waals surface area contributed by atoms with Crippen LogP contribution in [0.15, 0.2) is 0 Å². The summed E-state index contributed by atoms with van der Waals surface area (Å²) in [7, 11) is 0.965. The van der Waals surface area contributed by atoms with Crippen LogP contribution in [-0.2, 0) is 14.0 Å². The second-order valence-corrected chi connectivity index (χ2v) is 3.70. The van der Waals surface area contributed by atoms with Gasteiger partial charge in [-0.05, 0) is 0 Å². The van der Waals surface area contributed by atoms with Gasteiger partial charge in [0, 0.05) is 46.2 Å². The van der Waals surface area contributed by atoms with E-state index in [0.717, 1.165) is 37.8 Å². The molecule has 0 unspecified atom stereocenters. The van der Waals surface area contributed by atoms with Gasteiger partial charge in [0.1, 0.15) is 0 Å². The molecule has 7 heteroatoms. The summed E-state index contributed by atoms with van der Waals surface area (Å²) < 4.78 is 14.6. The lowest BCUT2D eigenvalue weighted by atomic mass is 10.3. The lowest BCUT2D eigenvalue weighted by Gasteiger charge is -2.27. The van der Waals surface area contributed by atoms with Gasteiger partial charge in [0.05, 0.1) is 0 Å². The molecule has 1 amide bonds. The SMILES string of the molecule is CN(OP=O)C(=O)CCN1CCNCC1. The summed E-state index contributed by atoms with van der Waals surface area (Å²) in [6, 6.07) is 0. The van der Waals surface area contributed by atoms with Gasteiger partial charge in [0.15, 0.2) is 0 Å². The van der Waals surface area contributed by atoms with Crippen LogP contribution < -0.4 is 5.32 Å². The van der Waals surface area contributed by atoms with Gasteiger partial charge >= 0.3 is 8.69 Å². The van der Waals surface area contributed by atoms with Crippen LogP contribution in [0.5, 0.6) is 0 Å². The van der Waals surface area contributed by atoms with Crippen molar-refractivity contribution in [1.29, 1.82) is 0 Å². The van der Waals surface area contributed by atoms with Gasteiger partial charge < -0.3 is 10.2 Å². The number of hydrogen-bond donors (Lipinski definition) is 1. The molecule has 1 rings (SSSR count). The number of rotatable bonds is 5. The van der Waals surface area contributed by atoms with Crippen molar-refractivity contribution in [3.8, 4) is 0 Å². The quantitative estimate of drug-likeness (QED) is 0.530. The minimum atomic E-state index is -0.498. The van der Waals surface area contributed by atoms with Crippen molar-refractivity contribution in [2.75, 3.05) is 39.8 Å². The summed E-state index contributed by atoms with van der Waals surface area (Å²) in [4.78, 5) is 13.6. The normalized spacial score (nSPS) is 17.9. The van der Waals surface area contributed by atoms with Gasteiger partial charge in [-0.3, -0.25) is 4.79 Å². The smallest absolute Gasteiger partial charge is 0.314 e. The van der Waals surface area contributed by atoms with Crippen molar-refractivity contribution in [2.24, 2.45) is 0 Å². The van der Waals surface area contributed by atoms with E-state index < -0.39 is 8.69 Å². The number of carbonyl (C=O) groups excluding carboxylic acids is 1. The number of hydroxylamine groups is 2. The molecule has 0 radical (unpaired) electrons. The Morgan fingerprint density at radius 2 is 2.20 bits per heavy atom. The highest BCUT2D eigenvalue weighted by atomic mass is 31.1. The molecule has 6 nitrogen and oxygen atoms in total. The van der Waals surface area contributed by atoms with E-state index in [2.05, 4.69) is 14.8 Å². The fourth-order valence-corrected chi connectivity index (χ4v) is 1.63. The molecule has 0 saturated carbocycles. The lowest BCUT2D eigenvalue weighted by Crippen LogP contribution is -2.44. The first-order chi connectivity index (χ1) is 7.24. The Hall–Kier alpha value is -0.550. The minimum Gasteiger partial charge on any atom is -0.314 e. The molecule has 1 aliphatic heterocycles. The summed E-state index contributed by atoms with van der Waals surface area (Å²) in [5, 5.41) is 4.25. The lowest BCUT2D eigenvalue weighted by molar-refractivity contribution is -0.151. The molecule has 1 aliphatic rings. The van der Waals surface area contributed by atoms with E-state index in [-0.39, 0.29) is 5.91 Å².